The van der Waals surface area contributed by atoms with Gasteiger partial charge in [-0.2, -0.15) is 4.68 Å². The number of carbonyl (C=O) groups excluding carboxylic acids is 1. The molecular formula is C23H23ClFN5O3. The van der Waals surface area contributed by atoms with Gasteiger partial charge in [-0.3, -0.25) is 9.36 Å². The van der Waals surface area contributed by atoms with Gasteiger partial charge in [0.05, 0.1) is 5.69 Å². The van der Waals surface area contributed by atoms with Crippen LogP contribution in [0.5, 0.6) is 0 Å². The summed E-state index contributed by atoms with van der Waals surface area (Å²) in [5, 5.41) is 13.8. The van der Waals surface area contributed by atoms with Gasteiger partial charge in [0.25, 0.3) is 5.91 Å². The van der Waals surface area contributed by atoms with Crippen molar-refractivity contribution in [1.82, 2.24) is 19.3 Å². The average Bonchev–Trinajstić information content (AvgIpc) is 3.10. The minimum atomic E-state index is -0.786. The van der Waals surface area contributed by atoms with Crippen LogP contribution in [0.2, 0.25) is 5.15 Å². The zero-order valence-electron chi connectivity index (χ0n) is 18.5. The van der Waals surface area contributed by atoms with Gasteiger partial charge in [0.15, 0.2) is 11.0 Å². The van der Waals surface area contributed by atoms with Crippen molar-refractivity contribution < 1.29 is 14.3 Å². The summed E-state index contributed by atoms with van der Waals surface area (Å²) in [6.45, 7) is 9.48. The molecule has 2 aromatic heterocycles. The van der Waals surface area contributed by atoms with Gasteiger partial charge >= 0.3 is 5.69 Å². The third-order valence-corrected chi connectivity index (χ3v) is 6.18. The molecule has 0 unspecified atom stereocenters. The molecule has 1 aromatic carbocycles. The van der Waals surface area contributed by atoms with Crippen molar-refractivity contribution in [2.24, 2.45) is 0 Å². The summed E-state index contributed by atoms with van der Waals surface area (Å²) in [5.74, 6) is -1.42. The van der Waals surface area contributed by atoms with Crippen LogP contribution in [0.4, 0.5) is 10.1 Å². The third-order valence-electron chi connectivity index (χ3n) is 5.91. The molecule has 0 saturated heterocycles. The maximum Gasteiger partial charge on any atom is 0.350 e. The largest absolute Gasteiger partial charge is 0.388 e. The predicted molar refractivity (Wildman–Crippen MR) is 123 cm³/mol. The lowest BCUT2D eigenvalue weighted by molar-refractivity contribution is 0.0977. The first-order chi connectivity index (χ1) is 15.7. The van der Waals surface area contributed by atoms with Crippen LogP contribution in [0, 0.1) is 12.7 Å². The minimum absolute atomic E-state index is 0.0938. The maximum absolute atomic E-state index is 15.3. The van der Waals surface area contributed by atoms with Gasteiger partial charge in [0.1, 0.15) is 18.1 Å². The van der Waals surface area contributed by atoms with Gasteiger partial charge in [-0.1, -0.05) is 23.8 Å². The van der Waals surface area contributed by atoms with E-state index in [1.807, 2.05) is 13.8 Å². The van der Waals surface area contributed by atoms with E-state index >= 15 is 4.39 Å². The van der Waals surface area contributed by atoms with Crippen LogP contribution in [0.1, 0.15) is 47.1 Å². The highest BCUT2D eigenvalue weighted by atomic mass is 35.5. The average molecular weight is 472 g/mol. The van der Waals surface area contributed by atoms with Crippen LogP contribution in [-0.4, -0.2) is 36.9 Å². The lowest BCUT2D eigenvalue weighted by Gasteiger charge is -2.36. The minimum Gasteiger partial charge on any atom is -0.388 e. The number of nitrogens with zero attached hydrogens (tertiary/aromatic N) is 5. The first kappa shape index (κ1) is 22.9. The predicted octanol–water partition coefficient (Wildman–Crippen LogP) is 3.36. The summed E-state index contributed by atoms with van der Waals surface area (Å²) in [4.78, 5) is 31.8. The number of pyridine rings is 1. The molecule has 1 atom stereocenters. The van der Waals surface area contributed by atoms with E-state index in [9.17, 15) is 14.7 Å². The van der Waals surface area contributed by atoms with Crippen molar-refractivity contribution in [3.8, 4) is 5.69 Å². The molecule has 1 aliphatic heterocycles. The lowest BCUT2D eigenvalue weighted by atomic mass is 9.84. The van der Waals surface area contributed by atoms with E-state index in [1.54, 1.807) is 19.2 Å². The molecule has 3 heterocycles. The Morgan fingerprint density at radius 1 is 1.36 bits per heavy atom. The zero-order chi connectivity index (χ0) is 24.0. The zero-order valence-corrected chi connectivity index (χ0v) is 19.2. The number of hydrogen-bond donors (Lipinski definition) is 1. The van der Waals surface area contributed by atoms with Crippen LogP contribution < -0.4 is 10.6 Å². The molecule has 1 aliphatic rings. The van der Waals surface area contributed by atoms with Crippen molar-refractivity contribution >= 4 is 23.2 Å². The molecule has 4 rings (SSSR count). The first-order valence-electron chi connectivity index (χ1n) is 10.4. The Hall–Kier alpha value is -3.30. The lowest BCUT2D eigenvalue weighted by Crippen LogP contribution is -2.41. The molecule has 0 saturated carbocycles. The van der Waals surface area contributed by atoms with Gasteiger partial charge in [0, 0.05) is 30.8 Å². The summed E-state index contributed by atoms with van der Waals surface area (Å²) < 4.78 is 17.5. The molecule has 1 N–H and O–H groups in total. The second-order valence-electron chi connectivity index (χ2n) is 7.99. The van der Waals surface area contributed by atoms with Crippen molar-refractivity contribution in [2.45, 2.75) is 39.8 Å². The van der Waals surface area contributed by atoms with Crippen molar-refractivity contribution in [3.63, 3.8) is 0 Å². The smallest absolute Gasteiger partial charge is 0.350 e. The van der Waals surface area contributed by atoms with E-state index in [1.165, 1.54) is 15.5 Å². The third kappa shape index (κ3) is 3.67. The Morgan fingerprint density at radius 2 is 2.09 bits per heavy atom. The van der Waals surface area contributed by atoms with E-state index in [0.29, 0.717) is 11.3 Å². The molecule has 0 radical (unpaired) electrons. The number of aromatic nitrogens is 4. The number of aliphatic hydroxyl groups excluding tert-OH is 1. The van der Waals surface area contributed by atoms with E-state index < -0.39 is 24.0 Å². The fourth-order valence-corrected chi connectivity index (χ4v) is 4.51. The molecule has 3 aromatic rings. The van der Waals surface area contributed by atoms with Gasteiger partial charge in [-0.25, -0.2) is 14.2 Å². The highest BCUT2D eigenvalue weighted by Crippen LogP contribution is 2.39. The number of fused-ring (bicyclic) bond motifs is 1. The van der Waals surface area contributed by atoms with Gasteiger partial charge < -0.3 is 10.0 Å². The second kappa shape index (κ2) is 8.57. The normalized spacial score (nSPS) is 15.6. The number of carbonyl (C=O) groups is 1. The van der Waals surface area contributed by atoms with Crippen molar-refractivity contribution in [1.29, 1.82) is 0 Å². The van der Waals surface area contributed by atoms with E-state index in [-0.39, 0.29) is 41.2 Å². The van der Waals surface area contributed by atoms with Crippen LogP contribution >= 0.6 is 11.6 Å². The van der Waals surface area contributed by atoms with Gasteiger partial charge in [0.2, 0.25) is 0 Å². The molecular weight excluding hydrogens is 449 g/mol. The maximum atomic E-state index is 15.3. The summed E-state index contributed by atoms with van der Waals surface area (Å²) in [6, 6.07) is 4.33. The molecule has 0 bridgehead atoms. The molecule has 172 valence electrons. The Labute approximate surface area is 194 Å². The standard InChI is InChI=1S/C23H23ClFN5O3/c1-5-28-19(11-31)27-30(23(28)33)18-9-14-15(8-17(18)25)22(32)29(10-16(14)12(2)3)20-13(4)6-7-26-21(20)24/h6-9,16,31H,2,5,10-11H2,1,3-4H3/t16-/m0/s1. The fraction of sp³-hybridized carbons (Fsp3) is 0.304. The summed E-state index contributed by atoms with van der Waals surface area (Å²) in [7, 11) is 0. The SMILES string of the molecule is C=C(C)[C@@H]1CN(c2c(C)ccnc2Cl)C(=O)c2cc(F)c(-n3nc(CO)n(CC)c3=O)cc21. The van der Waals surface area contributed by atoms with Gasteiger partial charge in [-0.05, 0) is 50.1 Å². The van der Waals surface area contributed by atoms with Crippen LogP contribution in [0.3, 0.4) is 0 Å². The second-order valence-corrected chi connectivity index (χ2v) is 8.34. The fourth-order valence-electron chi connectivity index (χ4n) is 4.21. The summed E-state index contributed by atoms with van der Waals surface area (Å²) in [6.07, 6.45) is 1.56. The number of anilines is 1. The molecule has 0 spiro atoms. The molecule has 33 heavy (non-hydrogen) atoms. The molecule has 0 aliphatic carbocycles. The molecule has 8 nitrogen and oxygen atoms in total. The number of aryl methyl sites for hydroxylation is 1. The van der Waals surface area contributed by atoms with E-state index in [2.05, 4.69) is 16.7 Å². The number of aliphatic hydroxyl groups is 1. The van der Waals surface area contributed by atoms with Crippen LogP contribution in [-0.2, 0) is 13.2 Å². The number of benzene rings is 1. The monoisotopic (exact) mass is 471 g/mol. The number of rotatable bonds is 5. The topological polar surface area (TPSA) is 93.2 Å². The first-order valence-corrected chi connectivity index (χ1v) is 10.8. The molecule has 1 amide bonds. The number of halogens is 2. The van der Waals surface area contributed by atoms with Crippen LogP contribution in [0.25, 0.3) is 5.69 Å². The number of hydrogen-bond acceptors (Lipinski definition) is 5. The summed E-state index contributed by atoms with van der Waals surface area (Å²) in [5.41, 5.74) is 2.01. The number of amides is 1. The van der Waals surface area contributed by atoms with E-state index in [4.69, 9.17) is 11.6 Å². The quantitative estimate of drug-likeness (QED) is 0.455. The van der Waals surface area contributed by atoms with Crippen LogP contribution in [0.15, 0.2) is 41.3 Å². The highest BCUT2D eigenvalue weighted by Gasteiger charge is 2.36. The van der Waals surface area contributed by atoms with Crippen molar-refractivity contribution in [2.75, 3.05) is 11.4 Å². The molecule has 0 fully saturated rings. The summed E-state index contributed by atoms with van der Waals surface area (Å²) >= 11 is 6.31. The van der Waals surface area contributed by atoms with Crippen molar-refractivity contribution in [3.05, 3.63) is 80.5 Å². The Bertz CT molecular complexity index is 1330. The Balaban J connectivity index is 1.91. The van der Waals surface area contributed by atoms with Gasteiger partial charge in [-0.15, -0.1) is 5.10 Å². The Kier molecular flexibility index (Phi) is 5.94. The van der Waals surface area contributed by atoms with E-state index in [0.717, 1.165) is 21.9 Å². The Morgan fingerprint density at radius 3 is 2.67 bits per heavy atom. The molecule has 10 heteroatoms. The highest BCUT2D eigenvalue weighted by molar-refractivity contribution is 6.33.